The minimum atomic E-state index is -1.24. The summed E-state index contributed by atoms with van der Waals surface area (Å²) in [7, 11) is 0. The molecule has 68 valence electrons. The van der Waals surface area contributed by atoms with Crippen molar-refractivity contribution in [3.8, 4) is 0 Å². The number of hydrogen-bond acceptors (Lipinski definition) is 2. The van der Waals surface area contributed by atoms with Gasteiger partial charge in [-0.1, -0.05) is 0 Å². The van der Waals surface area contributed by atoms with E-state index in [2.05, 4.69) is 15.9 Å². The average Bonchev–Trinajstić information content (AvgIpc) is 2.03. The van der Waals surface area contributed by atoms with Gasteiger partial charge in [-0.2, -0.15) is 0 Å². The quantitative estimate of drug-likeness (QED) is 0.814. The normalized spacial score (nSPS) is 9.69. The first kappa shape index (κ1) is 9.85. The lowest BCUT2D eigenvalue weighted by molar-refractivity contribution is 0.0696. The third kappa shape index (κ3) is 1.92. The molecule has 0 spiro atoms. The fraction of sp³-hybridized carbons (Fsp3) is 0. The molecule has 0 atom stereocenters. The monoisotopic (exact) mass is 246 g/mol. The highest BCUT2D eigenvalue weighted by Gasteiger charge is 2.11. The van der Waals surface area contributed by atoms with E-state index in [0.717, 1.165) is 6.07 Å². The summed E-state index contributed by atoms with van der Waals surface area (Å²) in [5.74, 6) is -2.08. The first-order chi connectivity index (χ1) is 6.06. The fourth-order valence-electron chi connectivity index (χ4n) is 0.820. The predicted octanol–water partition coefficient (Wildman–Crippen LogP) is 2.10. The lowest BCUT2D eigenvalue weighted by Crippen LogP contribution is -2.00. The van der Waals surface area contributed by atoms with E-state index >= 15 is 0 Å². The number of halogens is 2. The molecule has 3 nitrogen and oxygen atoms in total. The van der Waals surface area contributed by atoms with Crippen molar-refractivity contribution in [3.63, 3.8) is 0 Å². The Hall–Kier alpha value is -1.23. The van der Waals surface area contributed by atoms with Gasteiger partial charge in [0.25, 0.3) is 0 Å². The maximum absolute atomic E-state index is 12.9. The molecule has 0 heterocycles. The van der Waals surface area contributed by atoms with Gasteiger partial charge in [-0.15, -0.1) is 0 Å². The summed E-state index contributed by atoms with van der Waals surface area (Å²) in [6.07, 6.45) is 0.324. The number of benzene rings is 1. The molecule has 0 saturated heterocycles. The molecule has 1 N–H and O–H groups in total. The zero-order valence-electron chi connectivity index (χ0n) is 6.25. The molecule has 1 aromatic rings. The molecular formula is C8H4BrFO3. The van der Waals surface area contributed by atoms with Crippen LogP contribution in [-0.2, 0) is 0 Å². The van der Waals surface area contributed by atoms with Gasteiger partial charge < -0.3 is 5.11 Å². The smallest absolute Gasteiger partial charge is 0.335 e. The highest BCUT2D eigenvalue weighted by Crippen LogP contribution is 2.20. The van der Waals surface area contributed by atoms with Crippen LogP contribution < -0.4 is 0 Å². The van der Waals surface area contributed by atoms with Crippen LogP contribution in [0.25, 0.3) is 0 Å². The van der Waals surface area contributed by atoms with Crippen LogP contribution in [0.1, 0.15) is 20.7 Å². The van der Waals surface area contributed by atoms with Crippen LogP contribution in [0, 0.1) is 5.82 Å². The molecule has 13 heavy (non-hydrogen) atoms. The minimum Gasteiger partial charge on any atom is -0.478 e. The summed E-state index contributed by atoms with van der Waals surface area (Å²) >= 11 is 2.89. The van der Waals surface area contributed by atoms with E-state index in [1.165, 1.54) is 6.07 Å². The molecule has 0 amide bonds. The minimum absolute atomic E-state index is 0.139. The summed E-state index contributed by atoms with van der Waals surface area (Å²) < 4.78 is 13.1. The molecule has 0 radical (unpaired) electrons. The van der Waals surface area contributed by atoms with Gasteiger partial charge in [0.2, 0.25) is 0 Å². The first-order valence-corrected chi connectivity index (χ1v) is 4.03. The fourth-order valence-corrected chi connectivity index (χ4v) is 1.35. The second-order valence-electron chi connectivity index (χ2n) is 2.28. The molecule has 0 aromatic heterocycles. The number of aldehydes is 1. The Morgan fingerprint density at radius 1 is 1.54 bits per heavy atom. The highest BCUT2D eigenvalue weighted by molar-refractivity contribution is 9.10. The van der Waals surface area contributed by atoms with Crippen molar-refractivity contribution in [3.05, 3.63) is 33.5 Å². The molecule has 0 saturated carbocycles. The van der Waals surface area contributed by atoms with Gasteiger partial charge in [-0.25, -0.2) is 9.18 Å². The Balaban J connectivity index is 3.36. The van der Waals surface area contributed by atoms with Crippen LogP contribution in [0.2, 0.25) is 0 Å². The van der Waals surface area contributed by atoms with Gasteiger partial charge >= 0.3 is 5.97 Å². The van der Waals surface area contributed by atoms with E-state index < -0.39 is 11.8 Å². The number of carboxylic acids is 1. The molecule has 0 aliphatic heterocycles. The Morgan fingerprint density at radius 3 is 2.54 bits per heavy atom. The average molecular weight is 247 g/mol. The number of rotatable bonds is 2. The number of aromatic carboxylic acids is 1. The summed E-state index contributed by atoms with van der Waals surface area (Å²) in [6, 6.07) is 1.98. The number of carbonyl (C=O) groups is 2. The topological polar surface area (TPSA) is 54.4 Å². The van der Waals surface area contributed by atoms with E-state index in [-0.39, 0.29) is 15.6 Å². The molecule has 0 unspecified atom stereocenters. The van der Waals surface area contributed by atoms with Crippen LogP contribution >= 0.6 is 15.9 Å². The zero-order chi connectivity index (χ0) is 10.0. The van der Waals surface area contributed by atoms with E-state index in [9.17, 15) is 14.0 Å². The van der Waals surface area contributed by atoms with Crippen LogP contribution in [0.15, 0.2) is 16.6 Å². The molecular weight excluding hydrogens is 243 g/mol. The Labute approximate surface area is 81.3 Å². The highest BCUT2D eigenvalue weighted by atomic mass is 79.9. The number of carboxylic acid groups (broad SMARTS) is 1. The van der Waals surface area contributed by atoms with E-state index in [1.54, 1.807) is 0 Å². The Kier molecular flexibility index (Phi) is 2.77. The van der Waals surface area contributed by atoms with Crippen LogP contribution in [0.3, 0.4) is 0 Å². The van der Waals surface area contributed by atoms with E-state index in [0.29, 0.717) is 6.29 Å². The largest absolute Gasteiger partial charge is 0.478 e. The molecule has 1 rings (SSSR count). The van der Waals surface area contributed by atoms with Crippen molar-refractivity contribution in [2.75, 3.05) is 0 Å². The van der Waals surface area contributed by atoms with Crippen molar-refractivity contribution in [2.45, 2.75) is 0 Å². The molecule has 0 bridgehead atoms. The molecule has 0 fully saturated rings. The zero-order valence-corrected chi connectivity index (χ0v) is 7.84. The molecule has 0 aliphatic rings. The standard InChI is InChI=1S/C8H4BrFO3/c9-6-1-4(8(12)13)2-7(10)5(6)3-11/h1-3H,(H,12,13). The molecule has 5 heteroatoms. The van der Waals surface area contributed by atoms with Crippen molar-refractivity contribution in [1.82, 2.24) is 0 Å². The van der Waals surface area contributed by atoms with Crippen molar-refractivity contribution < 1.29 is 19.1 Å². The van der Waals surface area contributed by atoms with E-state index in [1.807, 2.05) is 0 Å². The van der Waals surface area contributed by atoms with Crippen LogP contribution in [0.4, 0.5) is 4.39 Å². The van der Waals surface area contributed by atoms with Gasteiger partial charge in [0.1, 0.15) is 5.82 Å². The summed E-state index contributed by atoms with van der Waals surface area (Å²) in [4.78, 5) is 20.7. The van der Waals surface area contributed by atoms with Gasteiger partial charge in [0.05, 0.1) is 11.1 Å². The Bertz CT molecular complexity index is 353. The maximum Gasteiger partial charge on any atom is 0.335 e. The van der Waals surface area contributed by atoms with Crippen molar-refractivity contribution in [2.24, 2.45) is 0 Å². The molecule has 1 aromatic carbocycles. The SMILES string of the molecule is O=Cc1c(F)cc(C(=O)O)cc1Br. The summed E-state index contributed by atoms with van der Waals surface area (Å²) in [5.41, 5.74) is -0.375. The van der Waals surface area contributed by atoms with Gasteiger partial charge in [0.15, 0.2) is 6.29 Å². The maximum atomic E-state index is 12.9. The third-order valence-electron chi connectivity index (χ3n) is 1.44. The summed E-state index contributed by atoms with van der Waals surface area (Å²) in [5, 5.41) is 8.52. The second kappa shape index (κ2) is 3.66. The lowest BCUT2D eigenvalue weighted by atomic mass is 10.1. The lowest BCUT2D eigenvalue weighted by Gasteiger charge is -2.00. The van der Waals surface area contributed by atoms with E-state index in [4.69, 9.17) is 5.11 Å². The summed E-state index contributed by atoms with van der Waals surface area (Å²) in [6.45, 7) is 0. The van der Waals surface area contributed by atoms with Crippen molar-refractivity contribution in [1.29, 1.82) is 0 Å². The van der Waals surface area contributed by atoms with Crippen molar-refractivity contribution >= 4 is 28.2 Å². The predicted molar refractivity (Wildman–Crippen MR) is 46.4 cm³/mol. The van der Waals surface area contributed by atoms with Crippen LogP contribution in [0.5, 0.6) is 0 Å². The first-order valence-electron chi connectivity index (χ1n) is 3.23. The third-order valence-corrected chi connectivity index (χ3v) is 2.10. The second-order valence-corrected chi connectivity index (χ2v) is 3.13. The Morgan fingerprint density at radius 2 is 2.15 bits per heavy atom. The number of carbonyl (C=O) groups excluding carboxylic acids is 1. The van der Waals surface area contributed by atoms with Crippen LogP contribution in [-0.4, -0.2) is 17.4 Å². The van der Waals surface area contributed by atoms with Gasteiger partial charge in [-0.3, -0.25) is 4.79 Å². The number of hydrogen-bond donors (Lipinski definition) is 1. The molecule has 0 aliphatic carbocycles. The van der Waals surface area contributed by atoms with Gasteiger partial charge in [-0.05, 0) is 28.1 Å². The van der Waals surface area contributed by atoms with Gasteiger partial charge in [0, 0.05) is 4.47 Å².